The molecular weight excluding hydrogens is 418 g/mol. The van der Waals surface area contributed by atoms with Crippen LogP contribution in [-0.2, 0) is 24.9 Å². The van der Waals surface area contributed by atoms with Gasteiger partial charge in [-0.1, -0.05) is 6.92 Å². The van der Waals surface area contributed by atoms with E-state index >= 15 is 0 Å². The fourth-order valence-electron chi connectivity index (χ4n) is 3.70. The van der Waals surface area contributed by atoms with Crippen molar-refractivity contribution >= 4 is 22.8 Å². The summed E-state index contributed by atoms with van der Waals surface area (Å²) in [6, 6.07) is 3.14. The highest BCUT2D eigenvalue weighted by molar-refractivity contribution is 5.91. The number of carbonyl (C=O) groups excluding carboxylic acids is 1. The van der Waals surface area contributed by atoms with Gasteiger partial charge in [0.05, 0.1) is 23.0 Å². The number of rotatable bonds is 7. The highest BCUT2D eigenvalue weighted by Crippen LogP contribution is 2.32. The Bertz CT molecular complexity index is 1290. The lowest BCUT2D eigenvalue weighted by Gasteiger charge is -2.08. The summed E-state index contributed by atoms with van der Waals surface area (Å²) in [6.45, 7) is 6.16. The summed E-state index contributed by atoms with van der Waals surface area (Å²) >= 11 is 0. The Kier molecular flexibility index (Phi) is 5.72. The predicted octanol–water partition coefficient (Wildman–Crippen LogP) is 3.63. The van der Waals surface area contributed by atoms with Gasteiger partial charge in [-0.15, -0.1) is 0 Å². The molecule has 4 rings (SSSR count). The average Bonchev–Trinajstić information content (AvgIpc) is 3.40. The van der Waals surface area contributed by atoms with E-state index in [1.54, 1.807) is 37.1 Å². The Labute approximate surface area is 183 Å². The zero-order valence-electron chi connectivity index (χ0n) is 18.3. The number of aromatic nitrogens is 7. The maximum atomic E-state index is 13.9. The van der Waals surface area contributed by atoms with Gasteiger partial charge in [-0.3, -0.25) is 14.2 Å². The molecule has 4 aromatic heterocycles. The highest BCUT2D eigenvalue weighted by Gasteiger charge is 2.22. The second-order valence-electron chi connectivity index (χ2n) is 7.68. The quantitative estimate of drug-likeness (QED) is 0.472. The van der Waals surface area contributed by atoms with Gasteiger partial charge in [-0.05, 0) is 26.3 Å². The third-order valence-electron chi connectivity index (χ3n) is 5.12. The first-order valence-corrected chi connectivity index (χ1v) is 10.3. The van der Waals surface area contributed by atoms with Crippen LogP contribution in [0.25, 0.3) is 22.3 Å². The van der Waals surface area contributed by atoms with Gasteiger partial charge < -0.3 is 5.32 Å². The van der Waals surface area contributed by atoms with E-state index in [4.69, 9.17) is 0 Å². The third-order valence-corrected chi connectivity index (χ3v) is 5.12. The van der Waals surface area contributed by atoms with Gasteiger partial charge in [-0.25, -0.2) is 18.4 Å². The molecule has 0 aromatic carbocycles. The first-order valence-electron chi connectivity index (χ1n) is 10.3. The molecule has 0 spiro atoms. The first kappa shape index (κ1) is 21.6. The fraction of sp³-hybridized carbons (Fsp3) is 0.381. The normalized spacial score (nSPS) is 11.6. The number of halogens is 2. The zero-order chi connectivity index (χ0) is 23.0. The van der Waals surface area contributed by atoms with E-state index in [1.807, 2.05) is 18.5 Å². The Balaban J connectivity index is 1.68. The molecule has 11 heteroatoms. The predicted molar refractivity (Wildman–Crippen MR) is 115 cm³/mol. The van der Waals surface area contributed by atoms with Crippen LogP contribution >= 0.6 is 0 Å². The number of aryl methyl sites for hydroxylation is 4. The lowest BCUT2D eigenvalue weighted by Crippen LogP contribution is -2.20. The minimum absolute atomic E-state index is 0.174. The molecule has 0 saturated carbocycles. The van der Waals surface area contributed by atoms with Gasteiger partial charge in [0.1, 0.15) is 6.54 Å². The number of carbonyl (C=O) groups is 1. The van der Waals surface area contributed by atoms with Crippen molar-refractivity contribution in [3.8, 4) is 11.3 Å². The Morgan fingerprint density at radius 2 is 1.97 bits per heavy atom. The van der Waals surface area contributed by atoms with Crippen molar-refractivity contribution < 1.29 is 13.6 Å². The van der Waals surface area contributed by atoms with Crippen LogP contribution in [0.5, 0.6) is 0 Å². The van der Waals surface area contributed by atoms with Gasteiger partial charge in [-0.2, -0.15) is 15.3 Å². The van der Waals surface area contributed by atoms with Crippen LogP contribution in [0.1, 0.15) is 36.7 Å². The van der Waals surface area contributed by atoms with E-state index in [1.165, 1.54) is 10.7 Å². The summed E-state index contributed by atoms with van der Waals surface area (Å²) < 4.78 is 32.5. The molecule has 0 aliphatic heterocycles. The lowest BCUT2D eigenvalue weighted by molar-refractivity contribution is -0.116. The number of hydrogen-bond acceptors (Lipinski definition) is 5. The number of fused-ring (bicyclic) bond motifs is 1. The molecule has 0 aliphatic rings. The van der Waals surface area contributed by atoms with Gasteiger partial charge in [0.15, 0.2) is 11.5 Å². The maximum absolute atomic E-state index is 13.9. The first-order chi connectivity index (χ1) is 15.3. The molecule has 4 aromatic rings. The van der Waals surface area contributed by atoms with E-state index in [-0.39, 0.29) is 29.0 Å². The van der Waals surface area contributed by atoms with Crippen molar-refractivity contribution in [2.45, 2.75) is 46.7 Å². The van der Waals surface area contributed by atoms with Crippen molar-refractivity contribution in [3.05, 3.63) is 41.5 Å². The van der Waals surface area contributed by atoms with Crippen LogP contribution in [-0.4, -0.2) is 40.2 Å². The summed E-state index contributed by atoms with van der Waals surface area (Å²) in [5.74, 6) is 0.0640. The molecule has 0 bridgehead atoms. The second-order valence-corrected chi connectivity index (χ2v) is 7.68. The van der Waals surface area contributed by atoms with Crippen molar-refractivity contribution in [2.75, 3.05) is 5.32 Å². The minimum Gasteiger partial charge on any atom is -0.308 e. The van der Waals surface area contributed by atoms with E-state index in [0.29, 0.717) is 22.8 Å². The fourth-order valence-corrected chi connectivity index (χ4v) is 3.70. The smallest absolute Gasteiger partial charge is 0.264 e. The third kappa shape index (κ3) is 4.10. The molecule has 4 heterocycles. The van der Waals surface area contributed by atoms with Gasteiger partial charge in [0.25, 0.3) is 6.43 Å². The molecule has 0 unspecified atom stereocenters. The number of nitrogens with one attached hydrogen (secondary N) is 1. The van der Waals surface area contributed by atoms with Crippen molar-refractivity contribution in [3.63, 3.8) is 0 Å². The molecule has 168 valence electrons. The second kappa shape index (κ2) is 8.48. The van der Waals surface area contributed by atoms with Crippen LogP contribution in [0.2, 0.25) is 0 Å². The molecule has 1 N–H and O–H groups in total. The van der Waals surface area contributed by atoms with Crippen molar-refractivity contribution in [1.29, 1.82) is 0 Å². The molecule has 0 aliphatic carbocycles. The Hall–Kier alpha value is -3.63. The number of amides is 1. The Morgan fingerprint density at radius 1 is 1.19 bits per heavy atom. The van der Waals surface area contributed by atoms with Gasteiger partial charge in [0.2, 0.25) is 5.91 Å². The van der Waals surface area contributed by atoms with E-state index in [9.17, 15) is 13.6 Å². The standard InChI is InChI=1S/C21H24F2N8O/c1-5-6-30-12(2)7-17(28-30)26-18(32)11-31-21-19(13(3)27-31)15(20(22)23)8-16(25-21)14-9-24-29(4)10-14/h7-10,20H,5-6,11H2,1-4H3,(H,26,28,32). The van der Waals surface area contributed by atoms with Crippen LogP contribution in [0, 0.1) is 13.8 Å². The number of alkyl halides is 2. The van der Waals surface area contributed by atoms with E-state index in [2.05, 4.69) is 25.6 Å². The summed E-state index contributed by atoms with van der Waals surface area (Å²) in [5, 5.41) is 15.8. The zero-order valence-corrected chi connectivity index (χ0v) is 18.3. The maximum Gasteiger partial charge on any atom is 0.264 e. The molecule has 9 nitrogen and oxygen atoms in total. The molecule has 0 atom stereocenters. The molecule has 1 amide bonds. The SMILES string of the molecule is CCCn1nc(NC(=O)Cn2nc(C)c3c(C(F)F)cc(-c4cnn(C)c4)nc32)cc1C. The van der Waals surface area contributed by atoms with Crippen molar-refractivity contribution in [2.24, 2.45) is 7.05 Å². The summed E-state index contributed by atoms with van der Waals surface area (Å²) in [7, 11) is 1.73. The number of nitrogens with zero attached hydrogens (tertiary/aromatic N) is 7. The summed E-state index contributed by atoms with van der Waals surface area (Å²) in [6.07, 6.45) is 1.45. The summed E-state index contributed by atoms with van der Waals surface area (Å²) in [5.41, 5.74) is 2.32. The van der Waals surface area contributed by atoms with Crippen molar-refractivity contribution in [1.82, 2.24) is 34.3 Å². The van der Waals surface area contributed by atoms with Crippen LogP contribution in [0.3, 0.4) is 0 Å². The summed E-state index contributed by atoms with van der Waals surface area (Å²) in [4.78, 5) is 17.2. The number of pyridine rings is 1. The van der Waals surface area contributed by atoms with Gasteiger partial charge in [0, 0.05) is 42.7 Å². The van der Waals surface area contributed by atoms with Crippen LogP contribution < -0.4 is 5.32 Å². The number of hydrogen-bond donors (Lipinski definition) is 1. The minimum atomic E-state index is -2.72. The lowest BCUT2D eigenvalue weighted by atomic mass is 10.1. The topological polar surface area (TPSA) is 95.5 Å². The largest absolute Gasteiger partial charge is 0.308 e. The monoisotopic (exact) mass is 442 g/mol. The number of anilines is 1. The highest BCUT2D eigenvalue weighted by atomic mass is 19.3. The molecule has 0 fully saturated rings. The van der Waals surface area contributed by atoms with E-state index < -0.39 is 6.43 Å². The Morgan fingerprint density at radius 3 is 2.62 bits per heavy atom. The molecule has 0 saturated heterocycles. The molecule has 0 radical (unpaired) electrons. The molecular formula is C21H24F2N8O. The van der Waals surface area contributed by atoms with Crippen LogP contribution in [0.15, 0.2) is 24.5 Å². The molecule has 32 heavy (non-hydrogen) atoms. The van der Waals surface area contributed by atoms with E-state index in [0.717, 1.165) is 18.7 Å². The average molecular weight is 442 g/mol. The van der Waals surface area contributed by atoms with Gasteiger partial charge >= 0.3 is 0 Å². The van der Waals surface area contributed by atoms with Crippen LogP contribution in [0.4, 0.5) is 14.6 Å².